The van der Waals surface area contributed by atoms with Gasteiger partial charge >= 0.3 is 12.1 Å². The molecule has 11 heteroatoms. The first-order valence-corrected chi connectivity index (χ1v) is 17.5. The van der Waals surface area contributed by atoms with Crippen LogP contribution in [0.1, 0.15) is 65.9 Å². The Morgan fingerprint density at radius 1 is 0.830 bits per heavy atom. The highest BCUT2D eigenvalue weighted by molar-refractivity contribution is 6.08. The van der Waals surface area contributed by atoms with E-state index in [9.17, 15) is 29.4 Å². The molecule has 4 aromatic carbocycles. The number of carbonyl (C=O) groups excluding carboxylic acids is 3. The van der Waals surface area contributed by atoms with Gasteiger partial charge in [0, 0.05) is 68.0 Å². The topological polar surface area (TPSA) is 133 Å². The van der Waals surface area contributed by atoms with Crippen molar-refractivity contribution in [1.82, 2.24) is 14.4 Å². The van der Waals surface area contributed by atoms with Gasteiger partial charge in [0.2, 0.25) is 0 Å². The van der Waals surface area contributed by atoms with E-state index in [0.717, 1.165) is 28.8 Å². The van der Waals surface area contributed by atoms with Crippen LogP contribution in [0, 0.1) is 6.92 Å². The number of amides is 3. The summed E-state index contributed by atoms with van der Waals surface area (Å²) in [5.74, 6) is -1.10. The van der Waals surface area contributed by atoms with Gasteiger partial charge in [0.25, 0.3) is 11.8 Å². The third kappa shape index (κ3) is 6.73. The van der Waals surface area contributed by atoms with Crippen molar-refractivity contribution in [3.8, 4) is 22.8 Å². The number of carboxylic acids is 1. The zero-order chi connectivity index (χ0) is 37.6. The SMILES string of the molecule is Cc1c(C(=O)N(C)c2ccc(O)cc2)cc(-c2cc3c(cc2C(=O)N2Cc4ccccc4C[C@H]2C)CN(C(=O)Oc2ccc(C(=O)O)cc2)CC3)n1C. The minimum atomic E-state index is -1.07. The molecule has 53 heavy (non-hydrogen) atoms. The Hall–Kier alpha value is -6.36. The Bertz CT molecular complexity index is 2260. The number of phenolic OH excluding ortho intramolecular Hbond substituents is 1. The molecule has 1 atom stereocenters. The van der Waals surface area contributed by atoms with Crippen molar-refractivity contribution >= 4 is 29.6 Å². The monoisotopic (exact) mass is 712 g/mol. The first-order chi connectivity index (χ1) is 25.4. The molecule has 0 saturated heterocycles. The lowest BCUT2D eigenvalue weighted by molar-refractivity contribution is 0.0656. The number of hydrogen-bond donors (Lipinski definition) is 2. The van der Waals surface area contributed by atoms with Crippen molar-refractivity contribution in [1.29, 1.82) is 0 Å². The van der Waals surface area contributed by atoms with Crippen LogP contribution in [0.3, 0.4) is 0 Å². The van der Waals surface area contributed by atoms with Crippen LogP contribution in [-0.4, -0.2) is 68.1 Å². The Morgan fingerprint density at radius 3 is 2.23 bits per heavy atom. The third-order valence-corrected chi connectivity index (χ3v) is 10.5. The lowest BCUT2D eigenvalue weighted by Crippen LogP contribution is -2.43. The maximum atomic E-state index is 14.8. The van der Waals surface area contributed by atoms with Crippen molar-refractivity contribution in [3.05, 3.63) is 136 Å². The van der Waals surface area contributed by atoms with Crippen LogP contribution in [0.2, 0.25) is 0 Å². The molecule has 1 aromatic heterocycles. The van der Waals surface area contributed by atoms with E-state index in [0.29, 0.717) is 47.6 Å². The van der Waals surface area contributed by atoms with E-state index in [1.807, 2.05) is 53.8 Å². The Morgan fingerprint density at radius 2 is 1.53 bits per heavy atom. The van der Waals surface area contributed by atoms with Crippen LogP contribution >= 0.6 is 0 Å². The maximum Gasteiger partial charge on any atom is 0.415 e. The summed E-state index contributed by atoms with van der Waals surface area (Å²) >= 11 is 0. The summed E-state index contributed by atoms with van der Waals surface area (Å²) < 4.78 is 7.53. The van der Waals surface area contributed by atoms with Gasteiger partial charge in [0.15, 0.2) is 0 Å². The zero-order valence-electron chi connectivity index (χ0n) is 30.0. The summed E-state index contributed by atoms with van der Waals surface area (Å²) in [6, 6.07) is 25.9. The Labute approximate surface area is 307 Å². The number of nitrogens with zero attached hydrogens (tertiary/aromatic N) is 4. The van der Waals surface area contributed by atoms with Gasteiger partial charge in [-0.05, 0) is 116 Å². The molecule has 3 heterocycles. The van der Waals surface area contributed by atoms with E-state index in [2.05, 4.69) is 19.1 Å². The summed E-state index contributed by atoms with van der Waals surface area (Å²) in [5, 5.41) is 19.0. The summed E-state index contributed by atoms with van der Waals surface area (Å²) in [5.41, 5.74) is 7.95. The largest absolute Gasteiger partial charge is 0.508 e. The van der Waals surface area contributed by atoms with Gasteiger partial charge in [-0.25, -0.2) is 9.59 Å². The van der Waals surface area contributed by atoms with Crippen LogP contribution in [0.5, 0.6) is 11.5 Å². The molecular weight excluding hydrogens is 672 g/mol. The normalized spacial score (nSPS) is 15.0. The van der Waals surface area contributed by atoms with Crippen molar-refractivity contribution in [2.45, 2.75) is 45.8 Å². The number of benzene rings is 4. The molecule has 0 fully saturated rings. The molecule has 0 unspecified atom stereocenters. The number of aromatic hydroxyl groups is 1. The molecule has 270 valence electrons. The van der Waals surface area contributed by atoms with E-state index in [1.54, 1.807) is 24.1 Å². The number of carbonyl (C=O) groups is 4. The number of carboxylic acid groups (broad SMARTS) is 1. The molecule has 0 aliphatic carbocycles. The molecule has 0 saturated carbocycles. The van der Waals surface area contributed by atoms with E-state index in [1.165, 1.54) is 46.9 Å². The second-order valence-electron chi connectivity index (χ2n) is 13.8. The molecule has 0 radical (unpaired) electrons. The highest BCUT2D eigenvalue weighted by atomic mass is 16.6. The molecule has 2 aliphatic rings. The number of anilines is 1. The molecule has 3 amide bonds. The van der Waals surface area contributed by atoms with Crippen molar-refractivity contribution in [2.75, 3.05) is 18.5 Å². The molecule has 2 N–H and O–H groups in total. The van der Waals surface area contributed by atoms with Crippen molar-refractivity contribution in [2.24, 2.45) is 7.05 Å². The van der Waals surface area contributed by atoms with Crippen LogP contribution < -0.4 is 9.64 Å². The van der Waals surface area contributed by atoms with Crippen molar-refractivity contribution < 1.29 is 34.1 Å². The second kappa shape index (κ2) is 14.0. The lowest BCUT2D eigenvalue weighted by Gasteiger charge is -2.36. The first kappa shape index (κ1) is 35.1. The quantitative estimate of drug-likeness (QED) is 0.197. The Balaban J connectivity index is 1.25. The number of aromatic nitrogens is 1. The average Bonchev–Trinajstić information content (AvgIpc) is 3.46. The number of phenols is 1. The fraction of sp³-hybridized carbons (Fsp3) is 0.238. The smallest absolute Gasteiger partial charge is 0.415 e. The first-order valence-electron chi connectivity index (χ1n) is 17.5. The molecular formula is C42H40N4O7. The zero-order valence-corrected chi connectivity index (χ0v) is 30.0. The highest BCUT2D eigenvalue weighted by Gasteiger charge is 2.32. The summed E-state index contributed by atoms with van der Waals surface area (Å²) in [7, 11) is 3.57. The van der Waals surface area contributed by atoms with Crippen molar-refractivity contribution in [3.63, 3.8) is 0 Å². The molecule has 7 rings (SSSR count). The van der Waals surface area contributed by atoms with Gasteiger partial charge < -0.3 is 34.2 Å². The van der Waals surface area contributed by atoms with Crippen LogP contribution in [0.15, 0.2) is 91.0 Å². The minimum Gasteiger partial charge on any atom is -0.508 e. The van der Waals surface area contributed by atoms with Crippen LogP contribution in [-0.2, 0) is 33.0 Å². The predicted molar refractivity (Wildman–Crippen MR) is 199 cm³/mol. The molecule has 0 spiro atoms. The van der Waals surface area contributed by atoms with E-state index < -0.39 is 12.1 Å². The molecule has 5 aromatic rings. The van der Waals surface area contributed by atoms with E-state index >= 15 is 0 Å². The van der Waals surface area contributed by atoms with E-state index in [4.69, 9.17) is 4.74 Å². The fourth-order valence-electron chi connectivity index (χ4n) is 7.24. The summed E-state index contributed by atoms with van der Waals surface area (Å²) in [4.78, 5) is 58.2. The number of ether oxygens (including phenoxy) is 1. The van der Waals surface area contributed by atoms with Gasteiger partial charge in [0.1, 0.15) is 11.5 Å². The molecule has 2 aliphatic heterocycles. The second-order valence-corrected chi connectivity index (χ2v) is 13.8. The number of rotatable bonds is 6. The summed E-state index contributed by atoms with van der Waals surface area (Å²) in [6.07, 6.45) is 0.660. The average molecular weight is 713 g/mol. The van der Waals surface area contributed by atoms with Gasteiger partial charge in [-0.3, -0.25) is 9.59 Å². The van der Waals surface area contributed by atoms with Gasteiger partial charge in [-0.15, -0.1) is 0 Å². The van der Waals surface area contributed by atoms with Gasteiger partial charge in [-0.2, -0.15) is 0 Å². The molecule has 0 bridgehead atoms. The number of aromatic carboxylic acids is 1. The minimum absolute atomic E-state index is 0.0634. The molecule has 11 nitrogen and oxygen atoms in total. The lowest BCUT2D eigenvalue weighted by atomic mass is 9.90. The predicted octanol–water partition coefficient (Wildman–Crippen LogP) is 6.83. The standard InChI is InChI=1S/C42H40N4O7/c1-25-19-28-7-5-6-8-30(28)24-46(25)40(49)37-21-31-23-45(42(52)53-34-15-9-27(10-16-34)41(50)51)18-17-29(31)20-36(37)38-22-35(26(2)43(38)3)39(48)44(4)32-11-13-33(47)14-12-32/h5-16,20-22,25,47H,17-19,23-24H2,1-4H3,(H,50,51)/t25-/m1/s1. The number of hydrogen-bond acceptors (Lipinski definition) is 6. The summed E-state index contributed by atoms with van der Waals surface area (Å²) in [6.45, 7) is 4.98. The third-order valence-electron chi connectivity index (χ3n) is 10.5. The van der Waals surface area contributed by atoms with Crippen LogP contribution in [0.25, 0.3) is 11.3 Å². The van der Waals surface area contributed by atoms with Crippen LogP contribution in [0.4, 0.5) is 10.5 Å². The highest BCUT2D eigenvalue weighted by Crippen LogP contribution is 2.36. The van der Waals surface area contributed by atoms with Gasteiger partial charge in [-0.1, -0.05) is 24.3 Å². The maximum absolute atomic E-state index is 14.8. The number of fused-ring (bicyclic) bond motifs is 2. The Kier molecular flexibility index (Phi) is 9.25. The fourth-order valence-corrected chi connectivity index (χ4v) is 7.24. The van der Waals surface area contributed by atoms with E-state index in [-0.39, 0.29) is 41.5 Å². The van der Waals surface area contributed by atoms with Gasteiger partial charge in [0.05, 0.1) is 11.1 Å².